The van der Waals surface area contributed by atoms with E-state index in [1.165, 1.54) is 13.8 Å². The van der Waals surface area contributed by atoms with Crippen LogP contribution in [-0.2, 0) is 23.9 Å². The SMILES string of the molecule is CC(=O)OCC1(COC(C)=O)CCCC1=O. The van der Waals surface area contributed by atoms with E-state index in [0.29, 0.717) is 12.8 Å². The van der Waals surface area contributed by atoms with Gasteiger partial charge in [-0.15, -0.1) is 0 Å². The van der Waals surface area contributed by atoms with E-state index < -0.39 is 17.4 Å². The molecule has 5 nitrogen and oxygen atoms in total. The molecule has 1 fully saturated rings. The molecule has 0 atom stereocenters. The molecule has 0 aromatic rings. The minimum absolute atomic E-state index is 0.00838. The van der Waals surface area contributed by atoms with Crippen LogP contribution in [0.5, 0.6) is 0 Å². The average Bonchev–Trinajstić information content (AvgIpc) is 2.55. The van der Waals surface area contributed by atoms with Gasteiger partial charge in [0.1, 0.15) is 19.0 Å². The summed E-state index contributed by atoms with van der Waals surface area (Å²) < 4.78 is 9.76. The monoisotopic (exact) mass is 228 g/mol. The summed E-state index contributed by atoms with van der Waals surface area (Å²) in [6.07, 6.45) is 1.82. The van der Waals surface area contributed by atoms with Crippen LogP contribution in [0.2, 0.25) is 0 Å². The lowest BCUT2D eigenvalue weighted by Gasteiger charge is -2.25. The molecule has 1 saturated carbocycles. The molecule has 5 heteroatoms. The summed E-state index contributed by atoms with van der Waals surface area (Å²) in [6, 6.07) is 0. The Kier molecular flexibility index (Phi) is 4.04. The van der Waals surface area contributed by atoms with Crippen LogP contribution in [0.4, 0.5) is 0 Å². The van der Waals surface area contributed by atoms with Crippen molar-refractivity contribution in [2.75, 3.05) is 13.2 Å². The smallest absolute Gasteiger partial charge is 0.302 e. The van der Waals surface area contributed by atoms with E-state index in [9.17, 15) is 14.4 Å². The number of rotatable bonds is 4. The maximum Gasteiger partial charge on any atom is 0.302 e. The van der Waals surface area contributed by atoms with Crippen LogP contribution in [0.15, 0.2) is 0 Å². The number of esters is 2. The molecule has 0 aromatic carbocycles. The summed E-state index contributed by atoms with van der Waals surface area (Å²) in [5, 5.41) is 0. The lowest BCUT2D eigenvalue weighted by Crippen LogP contribution is -2.37. The van der Waals surface area contributed by atoms with Crippen molar-refractivity contribution in [3.63, 3.8) is 0 Å². The van der Waals surface area contributed by atoms with Crippen LogP contribution < -0.4 is 0 Å². The van der Waals surface area contributed by atoms with Gasteiger partial charge in [-0.3, -0.25) is 14.4 Å². The van der Waals surface area contributed by atoms with Gasteiger partial charge in [-0.1, -0.05) is 0 Å². The second-order valence-corrected chi connectivity index (χ2v) is 4.12. The number of carbonyl (C=O) groups excluding carboxylic acids is 3. The summed E-state index contributed by atoms with van der Waals surface area (Å²) >= 11 is 0. The van der Waals surface area contributed by atoms with E-state index in [0.717, 1.165) is 6.42 Å². The molecule has 1 aliphatic rings. The van der Waals surface area contributed by atoms with Crippen molar-refractivity contribution in [3.8, 4) is 0 Å². The number of ether oxygens (including phenoxy) is 2. The first-order valence-corrected chi connectivity index (χ1v) is 5.26. The van der Waals surface area contributed by atoms with Gasteiger partial charge in [0.2, 0.25) is 0 Å². The largest absolute Gasteiger partial charge is 0.465 e. The fraction of sp³-hybridized carbons (Fsp3) is 0.727. The summed E-state index contributed by atoms with van der Waals surface area (Å²) in [5.41, 5.74) is -0.808. The molecule has 90 valence electrons. The predicted molar refractivity (Wildman–Crippen MR) is 54.6 cm³/mol. The van der Waals surface area contributed by atoms with Gasteiger partial charge in [0, 0.05) is 20.3 Å². The molecule has 1 aliphatic carbocycles. The third-order valence-corrected chi connectivity index (χ3v) is 2.75. The number of ketones is 1. The van der Waals surface area contributed by atoms with Crippen molar-refractivity contribution in [1.29, 1.82) is 0 Å². The van der Waals surface area contributed by atoms with Gasteiger partial charge >= 0.3 is 11.9 Å². The van der Waals surface area contributed by atoms with E-state index in [-0.39, 0.29) is 19.0 Å². The average molecular weight is 228 g/mol. The molecule has 16 heavy (non-hydrogen) atoms. The van der Waals surface area contributed by atoms with E-state index in [4.69, 9.17) is 9.47 Å². The zero-order valence-electron chi connectivity index (χ0n) is 9.58. The first-order valence-electron chi connectivity index (χ1n) is 5.26. The third kappa shape index (κ3) is 3.05. The van der Waals surface area contributed by atoms with Gasteiger partial charge in [0.15, 0.2) is 0 Å². The topological polar surface area (TPSA) is 69.7 Å². The van der Waals surface area contributed by atoms with Gasteiger partial charge in [-0.05, 0) is 12.8 Å². The Morgan fingerprint density at radius 1 is 1.19 bits per heavy atom. The number of Topliss-reactive ketones (excluding diaryl/α,β-unsaturated/α-hetero) is 1. The molecule has 0 heterocycles. The molecule has 1 rings (SSSR count). The van der Waals surface area contributed by atoms with Crippen molar-refractivity contribution in [2.45, 2.75) is 33.1 Å². The highest BCUT2D eigenvalue weighted by molar-refractivity contribution is 5.87. The van der Waals surface area contributed by atoms with Gasteiger partial charge in [0.25, 0.3) is 0 Å². The van der Waals surface area contributed by atoms with Crippen LogP contribution in [0.1, 0.15) is 33.1 Å². The second kappa shape index (κ2) is 5.09. The van der Waals surface area contributed by atoms with Crippen LogP contribution in [0.3, 0.4) is 0 Å². The molecule has 0 aromatic heterocycles. The standard InChI is InChI=1S/C11H16O5/c1-8(12)15-6-11(7-16-9(2)13)5-3-4-10(11)14/h3-7H2,1-2H3. The highest BCUT2D eigenvalue weighted by Gasteiger charge is 2.44. The molecule has 0 amide bonds. The second-order valence-electron chi connectivity index (χ2n) is 4.12. The van der Waals surface area contributed by atoms with Gasteiger partial charge in [0.05, 0.1) is 5.41 Å². The zero-order valence-corrected chi connectivity index (χ0v) is 9.58. The number of carbonyl (C=O) groups is 3. The summed E-state index contributed by atoms with van der Waals surface area (Å²) in [5.74, 6) is -0.848. The molecule has 0 N–H and O–H groups in total. The highest BCUT2D eigenvalue weighted by atomic mass is 16.5. The van der Waals surface area contributed by atoms with Crippen molar-refractivity contribution in [3.05, 3.63) is 0 Å². The molecule has 0 saturated heterocycles. The normalized spacial score (nSPS) is 18.2. The lowest BCUT2D eigenvalue weighted by molar-refractivity contribution is -0.154. The first kappa shape index (κ1) is 12.7. The maximum absolute atomic E-state index is 11.7. The Morgan fingerprint density at radius 2 is 1.69 bits per heavy atom. The van der Waals surface area contributed by atoms with Crippen molar-refractivity contribution >= 4 is 17.7 Å². The molecular formula is C11H16O5. The Balaban J connectivity index is 2.64. The fourth-order valence-electron chi connectivity index (χ4n) is 1.82. The quantitative estimate of drug-likeness (QED) is 0.667. The van der Waals surface area contributed by atoms with Crippen LogP contribution in [-0.4, -0.2) is 30.9 Å². The van der Waals surface area contributed by atoms with Gasteiger partial charge in [-0.25, -0.2) is 0 Å². The molecule has 0 spiro atoms. The Morgan fingerprint density at radius 3 is 2.00 bits per heavy atom. The molecule has 0 aliphatic heterocycles. The first-order chi connectivity index (χ1) is 7.46. The van der Waals surface area contributed by atoms with E-state index in [1.807, 2.05) is 0 Å². The van der Waals surface area contributed by atoms with Crippen molar-refractivity contribution < 1.29 is 23.9 Å². The van der Waals surface area contributed by atoms with Crippen molar-refractivity contribution in [1.82, 2.24) is 0 Å². The Bertz CT molecular complexity index is 289. The minimum Gasteiger partial charge on any atom is -0.465 e. The number of hydrogen-bond acceptors (Lipinski definition) is 5. The predicted octanol–water partition coefficient (Wildman–Crippen LogP) is 0.852. The zero-order chi connectivity index (χ0) is 12.2. The minimum atomic E-state index is -0.808. The molecular weight excluding hydrogens is 212 g/mol. The Hall–Kier alpha value is -1.39. The fourth-order valence-corrected chi connectivity index (χ4v) is 1.82. The van der Waals surface area contributed by atoms with Gasteiger partial charge in [-0.2, -0.15) is 0 Å². The summed E-state index contributed by atoms with van der Waals surface area (Å²) in [7, 11) is 0. The highest BCUT2D eigenvalue weighted by Crippen LogP contribution is 2.35. The van der Waals surface area contributed by atoms with E-state index in [2.05, 4.69) is 0 Å². The van der Waals surface area contributed by atoms with Crippen LogP contribution in [0, 0.1) is 5.41 Å². The van der Waals surface area contributed by atoms with E-state index >= 15 is 0 Å². The van der Waals surface area contributed by atoms with Crippen LogP contribution in [0.25, 0.3) is 0 Å². The Labute approximate surface area is 94.1 Å². The summed E-state index contributed by atoms with van der Waals surface area (Å²) in [4.78, 5) is 33.2. The maximum atomic E-state index is 11.7. The molecule has 0 bridgehead atoms. The summed E-state index contributed by atoms with van der Waals surface area (Å²) in [6.45, 7) is 2.60. The van der Waals surface area contributed by atoms with Crippen LogP contribution >= 0.6 is 0 Å². The molecule has 0 unspecified atom stereocenters. The third-order valence-electron chi connectivity index (χ3n) is 2.75. The number of hydrogen-bond donors (Lipinski definition) is 0. The van der Waals surface area contributed by atoms with Crippen molar-refractivity contribution in [2.24, 2.45) is 5.41 Å². The lowest BCUT2D eigenvalue weighted by atomic mass is 9.87. The van der Waals surface area contributed by atoms with Gasteiger partial charge < -0.3 is 9.47 Å². The van der Waals surface area contributed by atoms with E-state index in [1.54, 1.807) is 0 Å². The molecule has 0 radical (unpaired) electrons.